The molecule has 1 N–H and O–H groups in total. The molecule has 1 aromatic heterocycles. The summed E-state index contributed by atoms with van der Waals surface area (Å²) in [5, 5.41) is 11.2. The fourth-order valence-corrected chi connectivity index (χ4v) is 8.03. The quantitative estimate of drug-likeness (QED) is 0.351. The molecule has 1 amide bonds. The van der Waals surface area contributed by atoms with Crippen molar-refractivity contribution in [1.29, 1.82) is 0 Å². The van der Waals surface area contributed by atoms with Crippen LogP contribution in [0.1, 0.15) is 55.0 Å². The summed E-state index contributed by atoms with van der Waals surface area (Å²) in [5.41, 5.74) is 2.56. The molecule has 0 saturated carbocycles. The second kappa shape index (κ2) is 12.1. The van der Waals surface area contributed by atoms with Crippen molar-refractivity contribution in [1.82, 2.24) is 14.2 Å². The average molecular weight is 603 g/mol. The Balaban J connectivity index is 1.62. The van der Waals surface area contributed by atoms with E-state index in [1.807, 2.05) is 66.4 Å². The van der Waals surface area contributed by atoms with Gasteiger partial charge in [-0.05, 0) is 60.7 Å². The average Bonchev–Trinajstić information content (AvgIpc) is 3.26. The molecule has 2 aromatic carbocycles. The molecule has 0 spiro atoms. The van der Waals surface area contributed by atoms with Gasteiger partial charge in [-0.3, -0.25) is 4.79 Å². The molecular weight excluding hydrogens is 569 g/mol. The van der Waals surface area contributed by atoms with E-state index in [0.717, 1.165) is 11.1 Å². The van der Waals surface area contributed by atoms with E-state index in [0.29, 0.717) is 48.0 Å². The number of carbonyl (C=O) groups excluding carboxylic acids is 1. The monoisotopic (exact) mass is 601 g/mol. The van der Waals surface area contributed by atoms with E-state index in [1.54, 1.807) is 6.07 Å². The number of aromatic nitrogens is 1. The molecule has 4 atom stereocenters. The van der Waals surface area contributed by atoms with Gasteiger partial charge in [0.25, 0.3) is 0 Å². The molecule has 0 radical (unpaired) electrons. The first-order valence-electron chi connectivity index (χ1n) is 13.6. The van der Waals surface area contributed by atoms with Crippen molar-refractivity contribution >= 4 is 39.1 Å². The van der Waals surface area contributed by atoms with Crippen molar-refractivity contribution in [3.63, 3.8) is 0 Å². The third-order valence-electron chi connectivity index (χ3n) is 8.04. The Morgan fingerprint density at radius 1 is 1.02 bits per heavy atom. The Bertz CT molecular complexity index is 1470. The Kier molecular flexibility index (Phi) is 8.71. The largest absolute Gasteiger partial charge is 0.493 e. The summed E-state index contributed by atoms with van der Waals surface area (Å²) in [7, 11) is -3.35. The number of amides is 1. The normalized spacial score (nSPS) is 23.8. The van der Waals surface area contributed by atoms with Crippen molar-refractivity contribution in [2.75, 3.05) is 18.8 Å². The van der Waals surface area contributed by atoms with Crippen molar-refractivity contribution in [3.8, 4) is 5.88 Å². The molecule has 40 heavy (non-hydrogen) atoms. The van der Waals surface area contributed by atoms with Crippen LogP contribution in [0.4, 0.5) is 0 Å². The molecule has 0 bridgehead atoms. The number of nitrogens with zero attached hydrogens (tertiary/aromatic N) is 3. The van der Waals surface area contributed by atoms with Crippen LogP contribution in [0.15, 0.2) is 66.7 Å². The van der Waals surface area contributed by atoms with Crippen LogP contribution in [0.2, 0.25) is 10.0 Å². The van der Waals surface area contributed by atoms with Crippen LogP contribution in [-0.4, -0.2) is 58.5 Å². The summed E-state index contributed by atoms with van der Waals surface area (Å²) in [6, 6.07) is 19.6. The molecule has 5 rings (SSSR count). The fourth-order valence-electron chi connectivity index (χ4n) is 6.14. The molecular formula is C30H33Cl2N3O4S. The van der Waals surface area contributed by atoms with Crippen molar-refractivity contribution < 1.29 is 18.3 Å². The number of benzene rings is 2. The topological polar surface area (TPSA) is 90.8 Å². The first kappa shape index (κ1) is 28.9. The summed E-state index contributed by atoms with van der Waals surface area (Å²) >= 11 is 12.7. The molecule has 212 valence electrons. The number of halogens is 2. The van der Waals surface area contributed by atoms with Gasteiger partial charge in [0, 0.05) is 59.2 Å². The van der Waals surface area contributed by atoms with Crippen molar-refractivity contribution in [3.05, 3.63) is 93.6 Å². The molecule has 2 saturated heterocycles. The third kappa shape index (κ3) is 6.15. The Labute approximate surface area is 245 Å². The van der Waals surface area contributed by atoms with Crippen LogP contribution in [-0.2, 0) is 21.2 Å². The van der Waals surface area contributed by atoms with E-state index in [-0.39, 0.29) is 42.1 Å². The van der Waals surface area contributed by atoms with Crippen molar-refractivity contribution in [2.45, 2.75) is 50.6 Å². The van der Waals surface area contributed by atoms with Gasteiger partial charge in [0.1, 0.15) is 0 Å². The predicted molar refractivity (Wildman–Crippen MR) is 157 cm³/mol. The maximum absolute atomic E-state index is 14.5. The van der Waals surface area contributed by atoms with Gasteiger partial charge in [-0.1, -0.05) is 60.5 Å². The SMILES string of the molecule is CCC(CN1CCCS1(=O)=O)N1C(=O)[C@H](Cc2cccc(O)n2)C[C@H](c2cccc(Cl)c2)[C@H]1c1ccc(Cl)cc1. The van der Waals surface area contributed by atoms with Crippen LogP contribution in [0, 0.1) is 5.92 Å². The third-order valence-corrected chi connectivity index (χ3v) is 10.5. The first-order valence-corrected chi connectivity index (χ1v) is 16.0. The van der Waals surface area contributed by atoms with Crippen LogP contribution in [0.3, 0.4) is 0 Å². The number of pyridine rings is 1. The van der Waals surface area contributed by atoms with Crippen LogP contribution >= 0.6 is 23.2 Å². The summed E-state index contributed by atoms with van der Waals surface area (Å²) < 4.78 is 27.1. The highest BCUT2D eigenvalue weighted by Crippen LogP contribution is 2.47. The van der Waals surface area contributed by atoms with E-state index in [9.17, 15) is 18.3 Å². The number of likely N-dealkylation sites (tertiary alicyclic amines) is 1. The van der Waals surface area contributed by atoms with Gasteiger partial charge in [-0.25, -0.2) is 13.4 Å². The van der Waals surface area contributed by atoms with E-state index in [2.05, 4.69) is 4.98 Å². The van der Waals surface area contributed by atoms with E-state index < -0.39 is 15.9 Å². The number of piperidine rings is 1. The minimum atomic E-state index is -3.35. The zero-order chi connectivity index (χ0) is 28.4. The number of hydrogen-bond donors (Lipinski definition) is 1. The highest BCUT2D eigenvalue weighted by atomic mass is 35.5. The van der Waals surface area contributed by atoms with Crippen LogP contribution in [0.25, 0.3) is 0 Å². The van der Waals surface area contributed by atoms with Gasteiger partial charge in [0.15, 0.2) is 0 Å². The molecule has 3 heterocycles. The lowest BCUT2D eigenvalue weighted by molar-refractivity contribution is -0.147. The fraction of sp³-hybridized carbons (Fsp3) is 0.400. The zero-order valence-electron chi connectivity index (χ0n) is 22.3. The van der Waals surface area contributed by atoms with Crippen LogP contribution in [0.5, 0.6) is 5.88 Å². The smallest absolute Gasteiger partial charge is 0.226 e. The highest BCUT2D eigenvalue weighted by Gasteiger charge is 2.46. The minimum absolute atomic E-state index is 0.0492. The maximum atomic E-state index is 14.5. The van der Waals surface area contributed by atoms with Gasteiger partial charge < -0.3 is 10.0 Å². The Hall–Kier alpha value is -2.65. The molecule has 1 unspecified atom stereocenters. The van der Waals surface area contributed by atoms with Gasteiger partial charge in [0.05, 0.1) is 11.8 Å². The predicted octanol–water partition coefficient (Wildman–Crippen LogP) is 5.82. The summed E-state index contributed by atoms with van der Waals surface area (Å²) in [5.74, 6) is -0.551. The summed E-state index contributed by atoms with van der Waals surface area (Å²) in [6.07, 6.45) is 2.07. The second-order valence-electron chi connectivity index (χ2n) is 10.6. The summed E-state index contributed by atoms with van der Waals surface area (Å²) in [4.78, 5) is 20.6. The lowest BCUT2D eigenvalue weighted by Crippen LogP contribution is -2.55. The number of aromatic hydroxyl groups is 1. The standard InChI is InChI=1S/C30H33Cl2N3O4S/c1-2-26(19-34-14-5-15-40(34,38)39)35-29(20-10-12-23(31)13-11-20)27(21-6-3-7-24(32)16-21)18-22(30(35)37)17-25-8-4-9-28(36)33-25/h3-4,6-13,16,22,26-27,29H,2,5,14-15,17-19H2,1H3,(H,33,36)/t22-,26?,27-,29-/m1/s1. The van der Waals surface area contributed by atoms with E-state index in [1.165, 1.54) is 10.4 Å². The van der Waals surface area contributed by atoms with E-state index in [4.69, 9.17) is 23.2 Å². The molecule has 7 nitrogen and oxygen atoms in total. The lowest BCUT2D eigenvalue weighted by atomic mass is 9.74. The number of hydrogen-bond acceptors (Lipinski definition) is 5. The maximum Gasteiger partial charge on any atom is 0.226 e. The van der Waals surface area contributed by atoms with E-state index >= 15 is 0 Å². The molecule has 2 aliphatic heterocycles. The van der Waals surface area contributed by atoms with Gasteiger partial charge in [-0.15, -0.1) is 0 Å². The number of rotatable bonds is 8. The minimum Gasteiger partial charge on any atom is -0.493 e. The summed E-state index contributed by atoms with van der Waals surface area (Å²) in [6.45, 7) is 2.70. The van der Waals surface area contributed by atoms with Crippen LogP contribution < -0.4 is 0 Å². The molecule has 0 aliphatic carbocycles. The molecule has 2 fully saturated rings. The number of carbonyl (C=O) groups is 1. The molecule has 3 aromatic rings. The zero-order valence-corrected chi connectivity index (χ0v) is 24.6. The van der Waals surface area contributed by atoms with Gasteiger partial charge in [0.2, 0.25) is 21.8 Å². The first-order chi connectivity index (χ1) is 19.2. The Morgan fingerprint density at radius 3 is 2.42 bits per heavy atom. The van der Waals surface area contributed by atoms with Crippen molar-refractivity contribution in [2.24, 2.45) is 5.92 Å². The molecule has 10 heteroatoms. The van der Waals surface area contributed by atoms with Gasteiger partial charge >= 0.3 is 0 Å². The highest BCUT2D eigenvalue weighted by molar-refractivity contribution is 7.89. The molecule has 2 aliphatic rings. The second-order valence-corrected chi connectivity index (χ2v) is 13.6. The van der Waals surface area contributed by atoms with Gasteiger partial charge in [-0.2, -0.15) is 4.31 Å². The number of sulfonamides is 1. The Morgan fingerprint density at radius 2 is 1.77 bits per heavy atom. The lowest BCUT2D eigenvalue weighted by Gasteiger charge is -2.49.